The van der Waals surface area contributed by atoms with E-state index in [0.717, 1.165) is 15.8 Å². The van der Waals surface area contributed by atoms with Crippen molar-refractivity contribution >= 4 is 21.7 Å². The second-order valence-corrected chi connectivity index (χ2v) is 5.15. The molecule has 2 aromatic carbocycles. The van der Waals surface area contributed by atoms with Crippen LogP contribution in [-0.4, -0.2) is 12.9 Å². The summed E-state index contributed by atoms with van der Waals surface area (Å²) < 4.78 is 11.9. The van der Waals surface area contributed by atoms with Crippen LogP contribution in [0.4, 0.5) is 0 Å². The standard InChI is InChI=1S/C16H15BrO3/c1-11(18)14-5-3-4-6-16(14)20-10-12-9-13(19-2)7-8-15(12)17/h3-9H,10H2,1-2H3. The van der Waals surface area contributed by atoms with Gasteiger partial charge in [0.25, 0.3) is 0 Å². The van der Waals surface area contributed by atoms with E-state index in [1.807, 2.05) is 30.3 Å². The Labute approximate surface area is 126 Å². The zero-order valence-electron chi connectivity index (χ0n) is 11.4. The molecule has 0 amide bonds. The van der Waals surface area contributed by atoms with Crippen molar-refractivity contribution in [2.75, 3.05) is 7.11 Å². The molecule has 0 saturated carbocycles. The summed E-state index contributed by atoms with van der Waals surface area (Å²) in [7, 11) is 1.62. The highest BCUT2D eigenvalue weighted by atomic mass is 79.9. The summed E-state index contributed by atoms with van der Waals surface area (Å²) in [6.07, 6.45) is 0. The fourth-order valence-electron chi connectivity index (χ4n) is 1.83. The molecule has 0 spiro atoms. The van der Waals surface area contributed by atoms with E-state index in [1.165, 1.54) is 6.92 Å². The maximum absolute atomic E-state index is 11.5. The zero-order valence-corrected chi connectivity index (χ0v) is 12.9. The lowest BCUT2D eigenvalue weighted by Gasteiger charge is -2.11. The molecule has 104 valence electrons. The number of para-hydroxylation sites is 1. The third-order valence-electron chi connectivity index (χ3n) is 2.90. The van der Waals surface area contributed by atoms with Gasteiger partial charge in [0.15, 0.2) is 5.78 Å². The summed E-state index contributed by atoms with van der Waals surface area (Å²) in [6, 6.07) is 12.9. The molecule has 0 aliphatic heterocycles. The van der Waals surface area contributed by atoms with Gasteiger partial charge in [0, 0.05) is 10.0 Å². The summed E-state index contributed by atoms with van der Waals surface area (Å²) in [5.74, 6) is 1.35. The van der Waals surface area contributed by atoms with Crippen LogP contribution >= 0.6 is 15.9 Å². The number of hydrogen-bond acceptors (Lipinski definition) is 3. The van der Waals surface area contributed by atoms with Crippen LogP contribution in [0.3, 0.4) is 0 Å². The fourth-order valence-corrected chi connectivity index (χ4v) is 2.19. The van der Waals surface area contributed by atoms with Crippen LogP contribution in [-0.2, 0) is 6.61 Å². The molecular formula is C16H15BrO3. The number of hydrogen-bond donors (Lipinski definition) is 0. The Kier molecular flexibility index (Phi) is 4.79. The average Bonchev–Trinajstić information content (AvgIpc) is 2.46. The van der Waals surface area contributed by atoms with E-state index in [4.69, 9.17) is 9.47 Å². The predicted octanol–water partition coefficient (Wildman–Crippen LogP) is 4.24. The molecule has 0 unspecified atom stereocenters. The molecule has 0 aliphatic carbocycles. The first-order valence-electron chi connectivity index (χ1n) is 6.17. The maximum atomic E-state index is 11.5. The number of Topliss-reactive ketones (excluding diaryl/α,β-unsaturated/α-hetero) is 1. The lowest BCUT2D eigenvalue weighted by Crippen LogP contribution is -2.02. The highest BCUT2D eigenvalue weighted by Crippen LogP contribution is 2.25. The highest BCUT2D eigenvalue weighted by molar-refractivity contribution is 9.10. The SMILES string of the molecule is COc1ccc(Br)c(COc2ccccc2C(C)=O)c1. The van der Waals surface area contributed by atoms with Gasteiger partial charge in [0.1, 0.15) is 18.1 Å². The number of carbonyl (C=O) groups is 1. The van der Waals surface area contributed by atoms with Crippen LogP contribution < -0.4 is 9.47 Å². The van der Waals surface area contributed by atoms with E-state index < -0.39 is 0 Å². The molecule has 0 bridgehead atoms. The summed E-state index contributed by atoms with van der Waals surface area (Å²) in [4.78, 5) is 11.5. The molecule has 2 rings (SSSR count). The van der Waals surface area contributed by atoms with Gasteiger partial charge in [-0.25, -0.2) is 0 Å². The van der Waals surface area contributed by atoms with Crippen molar-refractivity contribution in [3.63, 3.8) is 0 Å². The Morgan fingerprint density at radius 2 is 1.95 bits per heavy atom. The van der Waals surface area contributed by atoms with Crippen LogP contribution in [0.25, 0.3) is 0 Å². The monoisotopic (exact) mass is 334 g/mol. The predicted molar refractivity (Wildman–Crippen MR) is 81.5 cm³/mol. The first-order valence-corrected chi connectivity index (χ1v) is 6.96. The van der Waals surface area contributed by atoms with Gasteiger partial charge in [-0.2, -0.15) is 0 Å². The van der Waals surface area contributed by atoms with E-state index in [2.05, 4.69) is 15.9 Å². The minimum absolute atomic E-state index is 0.00897. The number of rotatable bonds is 5. The van der Waals surface area contributed by atoms with Gasteiger partial charge in [-0.3, -0.25) is 4.79 Å². The van der Waals surface area contributed by atoms with E-state index in [-0.39, 0.29) is 5.78 Å². The van der Waals surface area contributed by atoms with Crippen molar-refractivity contribution < 1.29 is 14.3 Å². The highest BCUT2D eigenvalue weighted by Gasteiger charge is 2.09. The van der Waals surface area contributed by atoms with E-state index in [1.54, 1.807) is 19.2 Å². The summed E-state index contributed by atoms with van der Waals surface area (Å²) >= 11 is 3.48. The molecule has 0 heterocycles. The smallest absolute Gasteiger partial charge is 0.163 e. The molecule has 4 heteroatoms. The molecule has 20 heavy (non-hydrogen) atoms. The fraction of sp³-hybridized carbons (Fsp3) is 0.188. The molecule has 2 aromatic rings. The van der Waals surface area contributed by atoms with Crippen LogP contribution in [0, 0.1) is 0 Å². The van der Waals surface area contributed by atoms with Gasteiger partial charge in [0.2, 0.25) is 0 Å². The van der Waals surface area contributed by atoms with Crippen molar-refractivity contribution in [3.8, 4) is 11.5 Å². The van der Waals surface area contributed by atoms with Crippen molar-refractivity contribution in [2.45, 2.75) is 13.5 Å². The largest absolute Gasteiger partial charge is 0.497 e. The topological polar surface area (TPSA) is 35.5 Å². The van der Waals surface area contributed by atoms with Crippen LogP contribution in [0.2, 0.25) is 0 Å². The number of ketones is 1. The number of halogens is 1. The Morgan fingerprint density at radius 1 is 1.20 bits per heavy atom. The minimum atomic E-state index is -0.00897. The van der Waals surface area contributed by atoms with Gasteiger partial charge in [-0.05, 0) is 37.3 Å². The van der Waals surface area contributed by atoms with Gasteiger partial charge >= 0.3 is 0 Å². The molecule has 0 fully saturated rings. The number of carbonyl (C=O) groups excluding carboxylic acids is 1. The maximum Gasteiger partial charge on any atom is 0.163 e. The first-order chi connectivity index (χ1) is 9.61. The van der Waals surface area contributed by atoms with Gasteiger partial charge in [-0.1, -0.05) is 28.1 Å². The summed E-state index contributed by atoms with van der Waals surface area (Å²) in [6.45, 7) is 1.89. The lowest BCUT2D eigenvalue weighted by atomic mass is 10.1. The van der Waals surface area contributed by atoms with Crippen molar-refractivity contribution in [1.82, 2.24) is 0 Å². The zero-order chi connectivity index (χ0) is 14.5. The van der Waals surface area contributed by atoms with Gasteiger partial charge in [-0.15, -0.1) is 0 Å². The molecule has 0 radical (unpaired) electrons. The van der Waals surface area contributed by atoms with Crippen LogP contribution in [0.1, 0.15) is 22.8 Å². The Balaban J connectivity index is 2.19. The average molecular weight is 335 g/mol. The Hall–Kier alpha value is -1.81. The van der Waals surface area contributed by atoms with Crippen molar-refractivity contribution in [3.05, 3.63) is 58.1 Å². The number of ether oxygens (including phenoxy) is 2. The summed E-state index contributed by atoms with van der Waals surface area (Å²) in [5, 5.41) is 0. The van der Waals surface area contributed by atoms with Crippen LogP contribution in [0.5, 0.6) is 11.5 Å². The van der Waals surface area contributed by atoms with Gasteiger partial charge < -0.3 is 9.47 Å². The molecule has 0 atom stereocenters. The van der Waals surface area contributed by atoms with E-state index in [9.17, 15) is 4.79 Å². The molecular weight excluding hydrogens is 320 g/mol. The van der Waals surface area contributed by atoms with Crippen molar-refractivity contribution in [2.24, 2.45) is 0 Å². The second kappa shape index (κ2) is 6.57. The lowest BCUT2D eigenvalue weighted by molar-refractivity contribution is 0.101. The second-order valence-electron chi connectivity index (χ2n) is 4.30. The number of methoxy groups -OCH3 is 1. The normalized spacial score (nSPS) is 10.2. The Bertz CT molecular complexity index is 623. The van der Waals surface area contributed by atoms with Crippen molar-refractivity contribution in [1.29, 1.82) is 0 Å². The number of benzene rings is 2. The summed E-state index contributed by atoms with van der Waals surface area (Å²) in [5.41, 5.74) is 1.55. The first kappa shape index (κ1) is 14.6. The quantitative estimate of drug-likeness (QED) is 0.767. The Morgan fingerprint density at radius 3 is 2.65 bits per heavy atom. The molecule has 0 aliphatic rings. The van der Waals surface area contributed by atoms with E-state index >= 15 is 0 Å². The third-order valence-corrected chi connectivity index (χ3v) is 3.68. The third kappa shape index (κ3) is 3.39. The molecule has 0 N–H and O–H groups in total. The molecule has 3 nitrogen and oxygen atoms in total. The van der Waals surface area contributed by atoms with Crippen LogP contribution in [0.15, 0.2) is 46.9 Å². The molecule has 0 saturated heterocycles. The van der Waals surface area contributed by atoms with Gasteiger partial charge in [0.05, 0.1) is 12.7 Å². The molecule has 0 aromatic heterocycles. The van der Waals surface area contributed by atoms with E-state index in [0.29, 0.717) is 17.9 Å². The minimum Gasteiger partial charge on any atom is -0.497 e.